The average molecular weight is 575 g/mol. The lowest BCUT2D eigenvalue weighted by molar-refractivity contribution is 0.0755. The molecular weight excluding hydrogens is 532 g/mol. The smallest absolute Gasteiger partial charge is 0.257 e. The van der Waals surface area contributed by atoms with Crippen LogP contribution in [-0.2, 0) is 23.0 Å². The molecule has 8 nitrogen and oxygen atoms in total. The summed E-state index contributed by atoms with van der Waals surface area (Å²) in [6.45, 7) is 11.3. The molecule has 0 bridgehead atoms. The standard InChI is InChI=1S/C29H42N4O4S2/c1-4-16-32(17-5-2)29(35)26-24-15-20-31(6-3)21-25(24)38-28(26)30-27(34)22-11-13-23(14-12-22)39(36,37)33-18-9-7-8-10-19-33/h11-14H,4-10,15-21H2,1-3H3,(H,30,34). The number of thiophene rings is 1. The van der Waals surface area contributed by atoms with Crippen LogP contribution in [0.25, 0.3) is 0 Å². The molecule has 39 heavy (non-hydrogen) atoms. The van der Waals surface area contributed by atoms with E-state index in [0.717, 1.165) is 75.0 Å². The van der Waals surface area contributed by atoms with Crippen LogP contribution >= 0.6 is 11.3 Å². The van der Waals surface area contributed by atoms with Gasteiger partial charge in [-0.1, -0.05) is 33.6 Å². The second kappa shape index (κ2) is 13.4. The van der Waals surface area contributed by atoms with Gasteiger partial charge < -0.3 is 10.2 Å². The van der Waals surface area contributed by atoms with Crippen LogP contribution in [0, 0.1) is 0 Å². The van der Waals surface area contributed by atoms with Crippen molar-refractivity contribution >= 4 is 38.2 Å². The van der Waals surface area contributed by atoms with Crippen molar-refractivity contribution in [3.63, 3.8) is 0 Å². The average Bonchev–Trinajstić information content (AvgIpc) is 3.08. The molecule has 0 atom stereocenters. The Morgan fingerprint density at radius 1 is 0.949 bits per heavy atom. The van der Waals surface area contributed by atoms with Crippen molar-refractivity contribution in [3.05, 3.63) is 45.8 Å². The Morgan fingerprint density at radius 3 is 2.18 bits per heavy atom. The number of hydrogen-bond acceptors (Lipinski definition) is 6. The van der Waals surface area contributed by atoms with Crippen LogP contribution in [0.5, 0.6) is 0 Å². The highest BCUT2D eigenvalue weighted by Gasteiger charge is 2.31. The van der Waals surface area contributed by atoms with Crippen molar-refractivity contribution in [2.24, 2.45) is 0 Å². The van der Waals surface area contributed by atoms with Gasteiger partial charge in [-0.25, -0.2) is 8.42 Å². The van der Waals surface area contributed by atoms with E-state index in [2.05, 4.69) is 31.0 Å². The summed E-state index contributed by atoms with van der Waals surface area (Å²) < 4.78 is 27.8. The number of anilines is 1. The van der Waals surface area contributed by atoms with Crippen molar-refractivity contribution in [2.75, 3.05) is 44.6 Å². The van der Waals surface area contributed by atoms with Crippen LogP contribution in [0.15, 0.2) is 29.2 Å². The topological polar surface area (TPSA) is 90.0 Å². The minimum Gasteiger partial charge on any atom is -0.339 e. The number of benzene rings is 1. The van der Waals surface area contributed by atoms with Gasteiger partial charge in [0, 0.05) is 49.7 Å². The lowest BCUT2D eigenvalue weighted by atomic mass is 10.0. The number of amides is 2. The monoisotopic (exact) mass is 574 g/mol. The number of rotatable bonds is 10. The summed E-state index contributed by atoms with van der Waals surface area (Å²) in [6, 6.07) is 6.16. The molecule has 2 aliphatic heterocycles. The molecule has 2 aromatic rings. The fraction of sp³-hybridized carbons (Fsp3) is 0.586. The Balaban J connectivity index is 1.59. The van der Waals surface area contributed by atoms with Gasteiger partial charge in [0.2, 0.25) is 10.0 Å². The zero-order chi connectivity index (χ0) is 28.0. The highest BCUT2D eigenvalue weighted by molar-refractivity contribution is 7.89. The lowest BCUT2D eigenvalue weighted by Crippen LogP contribution is -2.35. The first-order valence-electron chi connectivity index (χ1n) is 14.4. The van der Waals surface area contributed by atoms with Gasteiger partial charge in [-0.15, -0.1) is 11.3 Å². The fourth-order valence-corrected chi connectivity index (χ4v) is 8.23. The molecule has 0 spiro atoms. The Bertz CT molecular complexity index is 1240. The first-order chi connectivity index (χ1) is 18.8. The van der Waals surface area contributed by atoms with Crippen LogP contribution in [0.3, 0.4) is 0 Å². The van der Waals surface area contributed by atoms with Gasteiger partial charge in [0.1, 0.15) is 5.00 Å². The third-order valence-electron chi connectivity index (χ3n) is 7.62. The Morgan fingerprint density at radius 2 is 1.59 bits per heavy atom. The summed E-state index contributed by atoms with van der Waals surface area (Å²) in [4.78, 5) is 32.7. The van der Waals surface area contributed by atoms with E-state index in [1.54, 1.807) is 16.4 Å². The third kappa shape index (κ3) is 6.73. The maximum absolute atomic E-state index is 13.8. The van der Waals surface area contributed by atoms with E-state index in [-0.39, 0.29) is 16.7 Å². The number of likely N-dealkylation sites (N-methyl/N-ethyl adjacent to an activating group) is 1. The van der Waals surface area contributed by atoms with E-state index < -0.39 is 10.0 Å². The summed E-state index contributed by atoms with van der Waals surface area (Å²) in [5, 5.41) is 3.61. The molecule has 0 aliphatic carbocycles. The van der Waals surface area contributed by atoms with E-state index in [0.29, 0.717) is 42.3 Å². The van der Waals surface area contributed by atoms with E-state index in [9.17, 15) is 18.0 Å². The van der Waals surface area contributed by atoms with Crippen LogP contribution in [0.1, 0.15) is 90.5 Å². The fourth-order valence-electron chi connectivity index (χ4n) is 5.44. The van der Waals surface area contributed by atoms with E-state index in [1.807, 2.05) is 4.90 Å². The molecule has 0 radical (unpaired) electrons. The van der Waals surface area contributed by atoms with E-state index in [1.165, 1.54) is 23.5 Å². The quantitative estimate of drug-likeness (QED) is 0.421. The molecule has 0 saturated carbocycles. The molecule has 3 heterocycles. The summed E-state index contributed by atoms with van der Waals surface area (Å²) in [7, 11) is -3.59. The molecule has 1 fully saturated rings. The van der Waals surface area contributed by atoms with Crippen molar-refractivity contribution < 1.29 is 18.0 Å². The normalized spacial score (nSPS) is 16.9. The van der Waals surface area contributed by atoms with Crippen LogP contribution in [-0.4, -0.2) is 73.6 Å². The number of carbonyl (C=O) groups excluding carboxylic acids is 2. The number of fused-ring (bicyclic) bond motifs is 1. The predicted octanol–water partition coefficient (Wildman–Crippen LogP) is 5.21. The van der Waals surface area contributed by atoms with Gasteiger partial charge in [0.05, 0.1) is 10.5 Å². The molecule has 10 heteroatoms. The maximum atomic E-state index is 13.8. The van der Waals surface area contributed by atoms with E-state index in [4.69, 9.17) is 0 Å². The minimum absolute atomic E-state index is 0.0182. The SMILES string of the molecule is CCCN(CCC)C(=O)c1c(NC(=O)c2ccc(S(=O)(=O)N3CCCCCC3)cc2)sc2c1CCN(CC)C2. The molecule has 2 aliphatic rings. The Kier molecular flexibility index (Phi) is 10.2. The minimum atomic E-state index is -3.59. The molecular formula is C29H42N4O4S2. The zero-order valence-electron chi connectivity index (χ0n) is 23.5. The van der Waals surface area contributed by atoms with Gasteiger partial charge >= 0.3 is 0 Å². The third-order valence-corrected chi connectivity index (χ3v) is 10.7. The lowest BCUT2D eigenvalue weighted by Gasteiger charge is -2.27. The van der Waals surface area contributed by atoms with Crippen LogP contribution in [0.4, 0.5) is 5.00 Å². The molecule has 1 saturated heterocycles. The number of sulfonamides is 1. The van der Waals surface area contributed by atoms with Gasteiger partial charge in [-0.2, -0.15) is 4.31 Å². The summed E-state index contributed by atoms with van der Waals surface area (Å²) in [6.07, 6.45) is 6.36. The second-order valence-corrected chi connectivity index (χ2v) is 13.5. The zero-order valence-corrected chi connectivity index (χ0v) is 25.1. The molecule has 1 N–H and O–H groups in total. The van der Waals surface area contributed by atoms with Crippen molar-refractivity contribution in [3.8, 4) is 0 Å². The van der Waals surface area contributed by atoms with Crippen molar-refractivity contribution in [1.82, 2.24) is 14.1 Å². The van der Waals surface area contributed by atoms with Gasteiger partial charge in [0.15, 0.2) is 0 Å². The summed E-state index contributed by atoms with van der Waals surface area (Å²) in [5.74, 6) is -0.360. The largest absolute Gasteiger partial charge is 0.339 e. The predicted molar refractivity (Wildman–Crippen MR) is 157 cm³/mol. The molecule has 214 valence electrons. The summed E-state index contributed by atoms with van der Waals surface area (Å²) in [5.41, 5.74) is 2.05. The first-order valence-corrected chi connectivity index (χ1v) is 16.6. The molecule has 4 rings (SSSR count). The molecule has 1 aromatic carbocycles. The van der Waals surface area contributed by atoms with Crippen molar-refractivity contribution in [2.45, 2.75) is 77.2 Å². The number of hydrogen-bond donors (Lipinski definition) is 1. The van der Waals surface area contributed by atoms with Crippen LogP contribution < -0.4 is 5.32 Å². The molecule has 2 amide bonds. The molecule has 1 aromatic heterocycles. The Hall–Kier alpha value is -2.27. The number of nitrogens with zero attached hydrogens (tertiary/aromatic N) is 3. The van der Waals surface area contributed by atoms with Crippen molar-refractivity contribution in [1.29, 1.82) is 0 Å². The van der Waals surface area contributed by atoms with Crippen LogP contribution in [0.2, 0.25) is 0 Å². The number of nitrogens with one attached hydrogen (secondary N) is 1. The summed E-state index contributed by atoms with van der Waals surface area (Å²) >= 11 is 1.49. The first kappa shape index (κ1) is 29.7. The highest BCUT2D eigenvalue weighted by atomic mass is 32.2. The highest BCUT2D eigenvalue weighted by Crippen LogP contribution is 2.38. The molecule has 0 unspecified atom stereocenters. The Labute approximate surface area is 237 Å². The number of carbonyl (C=O) groups is 2. The van der Waals surface area contributed by atoms with Gasteiger partial charge in [-0.3, -0.25) is 14.5 Å². The van der Waals surface area contributed by atoms with E-state index >= 15 is 0 Å². The van der Waals surface area contributed by atoms with Gasteiger partial charge in [0.25, 0.3) is 11.8 Å². The second-order valence-electron chi connectivity index (χ2n) is 10.4. The maximum Gasteiger partial charge on any atom is 0.257 e. The van der Waals surface area contributed by atoms with Gasteiger partial charge in [-0.05, 0) is 68.5 Å².